The van der Waals surface area contributed by atoms with Gasteiger partial charge >= 0.3 is 0 Å². The standard InChI is InChI=1S/C13H12BrClOS/c1-13(16,12-3-2-6-17-12)8-9-4-5-10(14)7-11(9)15/h2-7,16H,8H2,1H3. The van der Waals surface area contributed by atoms with E-state index in [2.05, 4.69) is 15.9 Å². The molecule has 0 aliphatic heterocycles. The molecule has 0 amide bonds. The Bertz CT molecular complexity index is 508. The van der Waals surface area contributed by atoms with Crippen molar-refractivity contribution in [2.24, 2.45) is 0 Å². The van der Waals surface area contributed by atoms with Gasteiger partial charge in [0, 0.05) is 20.8 Å². The van der Waals surface area contributed by atoms with E-state index in [1.54, 1.807) is 11.3 Å². The zero-order valence-electron chi connectivity index (χ0n) is 9.28. The van der Waals surface area contributed by atoms with E-state index in [9.17, 15) is 5.11 Å². The minimum absolute atomic E-state index is 0.514. The second-order valence-corrected chi connectivity index (χ2v) is 6.43. The Balaban J connectivity index is 2.26. The van der Waals surface area contributed by atoms with E-state index in [1.165, 1.54) is 0 Å². The number of hydrogen-bond acceptors (Lipinski definition) is 2. The molecule has 17 heavy (non-hydrogen) atoms. The number of aliphatic hydroxyl groups is 1. The van der Waals surface area contributed by atoms with Gasteiger partial charge in [0.25, 0.3) is 0 Å². The summed E-state index contributed by atoms with van der Waals surface area (Å²) >= 11 is 11.1. The van der Waals surface area contributed by atoms with Crippen molar-refractivity contribution in [2.75, 3.05) is 0 Å². The zero-order valence-corrected chi connectivity index (χ0v) is 12.4. The maximum atomic E-state index is 10.5. The summed E-state index contributed by atoms with van der Waals surface area (Å²) in [4.78, 5) is 0.955. The Morgan fingerprint density at radius 2 is 2.18 bits per heavy atom. The third-order valence-electron chi connectivity index (χ3n) is 2.60. The number of thiophene rings is 1. The van der Waals surface area contributed by atoms with Gasteiger partial charge in [-0.3, -0.25) is 0 Å². The van der Waals surface area contributed by atoms with Gasteiger partial charge in [0.05, 0.1) is 5.60 Å². The smallest absolute Gasteiger partial charge is 0.1000 e. The summed E-state index contributed by atoms with van der Waals surface area (Å²) in [5, 5.41) is 13.1. The van der Waals surface area contributed by atoms with Crippen molar-refractivity contribution in [3.05, 3.63) is 55.6 Å². The molecule has 2 aromatic rings. The van der Waals surface area contributed by atoms with Gasteiger partial charge in [0.15, 0.2) is 0 Å². The quantitative estimate of drug-likeness (QED) is 0.870. The van der Waals surface area contributed by atoms with E-state index in [1.807, 2.05) is 42.6 Å². The third-order valence-corrected chi connectivity index (χ3v) is 4.57. The summed E-state index contributed by atoms with van der Waals surface area (Å²) in [6.07, 6.45) is 0.514. The lowest BCUT2D eigenvalue weighted by molar-refractivity contribution is 0.0615. The molecule has 0 fully saturated rings. The van der Waals surface area contributed by atoms with Gasteiger partial charge < -0.3 is 5.11 Å². The van der Waals surface area contributed by atoms with Crippen LogP contribution in [0.5, 0.6) is 0 Å². The summed E-state index contributed by atoms with van der Waals surface area (Å²) in [5.41, 5.74) is 0.0827. The minimum Gasteiger partial charge on any atom is -0.384 e. The van der Waals surface area contributed by atoms with Crippen molar-refractivity contribution in [3.8, 4) is 0 Å². The largest absolute Gasteiger partial charge is 0.384 e. The third kappa shape index (κ3) is 3.10. The Kier molecular flexibility index (Phi) is 3.93. The van der Waals surface area contributed by atoms with E-state index in [4.69, 9.17) is 11.6 Å². The highest BCUT2D eigenvalue weighted by atomic mass is 79.9. The van der Waals surface area contributed by atoms with Gasteiger partial charge in [0.1, 0.15) is 0 Å². The molecule has 1 aromatic carbocycles. The average Bonchev–Trinajstić information content (AvgIpc) is 2.76. The Morgan fingerprint density at radius 1 is 1.41 bits per heavy atom. The van der Waals surface area contributed by atoms with Crippen molar-refractivity contribution in [1.82, 2.24) is 0 Å². The second-order valence-electron chi connectivity index (χ2n) is 4.16. The summed E-state index contributed by atoms with van der Waals surface area (Å²) < 4.78 is 0.946. The summed E-state index contributed by atoms with van der Waals surface area (Å²) in [7, 11) is 0. The fourth-order valence-electron chi connectivity index (χ4n) is 1.71. The lowest BCUT2D eigenvalue weighted by atomic mass is 9.95. The fourth-order valence-corrected chi connectivity index (χ4v) is 3.24. The van der Waals surface area contributed by atoms with E-state index < -0.39 is 5.60 Å². The fraction of sp³-hybridized carbons (Fsp3) is 0.231. The molecule has 1 nitrogen and oxygen atoms in total. The zero-order chi connectivity index (χ0) is 12.5. The maximum absolute atomic E-state index is 10.5. The molecule has 0 spiro atoms. The predicted molar refractivity (Wildman–Crippen MR) is 76.7 cm³/mol. The van der Waals surface area contributed by atoms with Crippen molar-refractivity contribution in [3.63, 3.8) is 0 Å². The van der Waals surface area contributed by atoms with E-state index in [0.29, 0.717) is 11.4 Å². The van der Waals surface area contributed by atoms with Crippen molar-refractivity contribution >= 4 is 38.9 Å². The monoisotopic (exact) mass is 330 g/mol. The first-order valence-electron chi connectivity index (χ1n) is 5.19. The molecular weight excluding hydrogens is 320 g/mol. The molecular formula is C13H12BrClOS. The molecule has 1 aromatic heterocycles. The van der Waals surface area contributed by atoms with Gasteiger partial charge in [-0.05, 0) is 36.1 Å². The lowest BCUT2D eigenvalue weighted by Crippen LogP contribution is -2.23. The van der Waals surface area contributed by atoms with E-state index in [-0.39, 0.29) is 0 Å². The molecule has 1 unspecified atom stereocenters. The number of benzene rings is 1. The molecule has 0 aliphatic rings. The highest BCUT2D eigenvalue weighted by molar-refractivity contribution is 9.10. The number of rotatable bonds is 3. The molecule has 0 bridgehead atoms. The van der Waals surface area contributed by atoms with Gasteiger partial charge in [0.2, 0.25) is 0 Å². The minimum atomic E-state index is -0.869. The predicted octanol–water partition coefficient (Wildman–Crippen LogP) is 4.61. The Hall–Kier alpha value is -0.350. The van der Waals surface area contributed by atoms with Gasteiger partial charge in [-0.15, -0.1) is 11.3 Å². The molecule has 0 saturated heterocycles. The molecule has 0 radical (unpaired) electrons. The topological polar surface area (TPSA) is 20.2 Å². The molecule has 1 heterocycles. The second kappa shape index (κ2) is 5.11. The SMILES string of the molecule is CC(O)(Cc1ccc(Br)cc1Cl)c1cccs1. The van der Waals surface area contributed by atoms with Crippen LogP contribution >= 0.6 is 38.9 Å². The number of hydrogen-bond donors (Lipinski definition) is 1. The van der Waals surface area contributed by atoms with Crippen LogP contribution in [0.1, 0.15) is 17.4 Å². The van der Waals surface area contributed by atoms with Gasteiger partial charge in [-0.1, -0.05) is 39.7 Å². The van der Waals surface area contributed by atoms with Crippen LogP contribution in [-0.4, -0.2) is 5.11 Å². The van der Waals surface area contributed by atoms with Crippen LogP contribution in [0, 0.1) is 0 Å². The van der Waals surface area contributed by atoms with Crippen LogP contribution in [0.25, 0.3) is 0 Å². The van der Waals surface area contributed by atoms with Crippen LogP contribution in [0.2, 0.25) is 5.02 Å². The first-order chi connectivity index (χ1) is 7.99. The van der Waals surface area contributed by atoms with Gasteiger partial charge in [-0.25, -0.2) is 0 Å². The Labute approximate surface area is 118 Å². The summed E-state index contributed by atoms with van der Waals surface area (Å²) in [6.45, 7) is 1.82. The molecule has 90 valence electrons. The van der Waals surface area contributed by atoms with Crippen LogP contribution < -0.4 is 0 Å². The maximum Gasteiger partial charge on any atom is 0.1000 e. The first kappa shape index (κ1) is 13.1. The summed E-state index contributed by atoms with van der Waals surface area (Å²) in [6, 6.07) is 9.61. The first-order valence-corrected chi connectivity index (χ1v) is 7.24. The molecule has 0 saturated carbocycles. The van der Waals surface area contributed by atoms with Gasteiger partial charge in [-0.2, -0.15) is 0 Å². The molecule has 1 atom stereocenters. The van der Waals surface area contributed by atoms with Crippen molar-refractivity contribution < 1.29 is 5.11 Å². The van der Waals surface area contributed by atoms with Crippen LogP contribution in [-0.2, 0) is 12.0 Å². The molecule has 1 N–H and O–H groups in total. The normalized spacial score (nSPS) is 14.6. The van der Waals surface area contributed by atoms with Crippen LogP contribution in [0.4, 0.5) is 0 Å². The van der Waals surface area contributed by atoms with Crippen molar-refractivity contribution in [1.29, 1.82) is 0 Å². The highest BCUT2D eigenvalue weighted by Crippen LogP contribution is 2.32. The van der Waals surface area contributed by atoms with E-state index in [0.717, 1.165) is 14.9 Å². The highest BCUT2D eigenvalue weighted by Gasteiger charge is 2.25. The molecule has 2 rings (SSSR count). The number of halogens is 2. The molecule has 4 heteroatoms. The van der Waals surface area contributed by atoms with Crippen LogP contribution in [0.15, 0.2) is 40.2 Å². The summed E-state index contributed by atoms with van der Waals surface area (Å²) in [5.74, 6) is 0. The molecule has 0 aliphatic carbocycles. The Morgan fingerprint density at radius 3 is 2.76 bits per heavy atom. The lowest BCUT2D eigenvalue weighted by Gasteiger charge is -2.22. The van der Waals surface area contributed by atoms with E-state index >= 15 is 0 Å². The van der Waals surface area contributed by atoms with Crippen molar-refractivity contribution in [2.45, 2.75) is 18.9 Å². The van der Waals surface area contributed by atoms with Crippen LogP contribution in [0.3, 0.4) is 0 Å². The average molecular weight is 332 g/mol.